The average Bonchev–Trinajstić information content (AvgIpc) is 3.36. The van der Waals surface area contributed by atoms with Gasteiger partial charge in [0.2, 0.25) is 11.8 Å². The Bertz CT molecular complexity index is 1180. The molecule has 8 nitrogen and oxygen atoms in total. The van der Waals surface area contributed by atoms with Crippen molar-refractivity contribution in [2.45, 2.75) is 77.4 Å². The molecule has 0 saturated carbocycles. The van der Waals surface area contributed by atoms with Gasteiger partial charge in [0.25, 0.3) is 5.56 Å². The van der Waals surface area contributed by atoms with Crippen molar-refractivity contribution < 1.29 is 9.21 Å². The normalized spacial score (nSPS) is 13.8. The van der Waals surface area contributed by atoms with Gasteiger partial charge >= 0.3 is 6.01 Å². The fourth-order valence-corrected chi connectivity index (χ4v) is 5.85. The number of aromatic nitrogens is 4. The van der Waals surface area contributed by atoms with Crippen LogP contribution >= 0.6 is 23.1 Å². The van der Waals surface area contributed by atoms with Crippen LogP contribution in [0.4, 0.5) is 6.01 Å². The quantitative estimate of drug-likeness (QED) is 0.374. The number of thioether (sulfide) groups is 1. The summed E-state index contributed by atoms with van der Waals surface area (Å²) in [6.45, 7) is 8.75. The van der Waals surface area contributed by atoms with Gasteiger partial charge in [0.05, 0.1) is 11.1 Å². The molecular weight excluding hydrogens is 446 g/mol. The lowest BCUT2D eigenvalue weighted by atomic mass is 9.97. The van der Waals surface area contributed by atoms with E-state index in [2.05, 4.69) is 29.4 Å². The van der Waals surface area contributed by atoms with Crippen LogP contribution in [0.15, 0.2) is 14.4 Å². The molecule has 0 aliphatic heterocycles. The Balaban J connectivity index is 1.57. The van der Waals surface area contributed by atoms with Crippen molar-refractivity contribution in [3.63, 3.8) is 0 Å². The van der Waals surface area contributed by atoms with Crippen molar-refractivity contribution in [1.82, 2.24) is 19.7 Å². The highest BCUT2D eigenvalue weighted by Gasteiger charge is 2.23. The van der Waals surface area contributed by atoms with Gasteiger partial charge in [0.1, 0.15) is 4.83 Å². The maximum Gasteiger partial charge on any atom is 0.322 e. The molecule has 1 aliphatic rings. The fraction of sp³-hybridized carbons (Fsp3) is 0.591. The van der Waals surface area contributed by atoms with Gasteiger partial charge in [-0.05, 0) is 43.6 Å². The minimum atomic E-state index is -0.274. The minimum absolute atomic E-state index is 0.0245. The molecule has 0 atom stereocenters. The third kappa shape index (κ3) is 4.91. The van der Waals surface area contributed by atoms with Gasteiger partial charge in [-0.15, -0.1) is 16.4 Å². The van der Waals surface area contributed by atoms with Crippen LogP contribution < -0.4 is 10.9 Å². The molecule has 3 aromatic rings. The second kappa shape index (κ2) is 9.74. The molecule has 0 fully saturated rings. The molecular formula is C22H29N5O3S2. The van der Waals surface area contributed by atoms with Gasteiger partial charge in [-0.1, -0.05) is 44.6 Å². The number of carbonyl (C=O) groups excluding carboxylic acids is 1. The fourth-order valence-electron chi connectivity index (χ4n) is 3.72. The Morgan fingerprint density at radius 3 is 2.72 bits per heavy atom. The minimum Gasteiger partial charge on any atom is -0.408 e. The molecule has 0 aromatic carbocycles. The summed E-state index contributed by atoms with van der Waals surface area (Å²) in [5, 5.41) is 11.8. The van der Waals surface area contributed by atoms with Gasteiger partial charge < -0.3 is 4.42 Å². The average molecular weight is 476 g/mol. The van der Waals surface area contributed by atoms with Crippen LogP contribution in [0.25, 0.3) is 10.2 Å². The molecule has 1 N–H and O–H groups in total. The van der Waals surface area contributed by atoms with Crippen LogP contribution in [0, 0.1) is 5.92 Å². The lowest BCUT2D eigenvalue weighted by Crippen LogP contribution is -2.25. The molecule has 3 heterocycles. The third-order valence-corrected chi connectivity index (χ3v) is 7.65. The Morgan fingerprint density at radius 1 is 1.22 bits per heavy atom. The number of anilines is 1. The molecule has 0 spiro atoms. The van der Waals surface area contributed by atoms with Crippen LogP contribution in [-0.2, 0) is 24.2 Å². The summed E-state index contributed by atoms with van der Waals surface area (Å²) in [5.74, 6) is 0.853. The van der Waals surface area contributed by atoms with Crippen molar-refractivity contribution >= 4 is 45.2 Å². The third-order valence-electron chi connectivity index (χ3n) is 5.48. The number of hydrogen-bond donors (Lipinski definition) is 1. The van der Waals surface area contributed by atoms with Gasteiger partial charge in [0.15, 0.2) is 5.16 Å². The molecule has 1 aliphatic carbocycles. The Morgan fingerprint density at radius 2 is 2.00 bits per heavy atom. The van der Waals surface area contributed by atoms with Crippen molar-refractivity contribution in [2.75, 3.05) is 11.1 Å². The predicted octanol–water partition coefficient (Wildman–Crippen LogP) is 4.62. The first-order valence-electron chi connectivity index (χ1n) is 11.1. The van der Waals surface area contributed by atoms with E-state index in [-0.39, 0.29) is 29.2 Å². The first-order chi connectivity index (χ1) is 15.3. The highest BCUT2D eigenvalue weighted by Crippen LogP contribution is 2.34. The topological polar surface area (TPSA) is 103 Å². The number of thiophene rings is 1. The van der Waals surface area contributed by atoms with E-state index in [1.165, 1.54) is 22.2 Å². The smallest absolute Gasteiger partial charge is 0.322 e. The molecule has 3 aromatic heterocycles. The van der Waals surface area contributed by atoms with E-state index >= 15 is 0 Å². The summed E-state index contributed by atoms with van der Waals surface area (Å²) in [6, 6.07) is 0.0887. The molecule has 4 rings (SSSR count). The van der Waals surface area contributed by atoms with Gasteiger partial charge in [-0.25, -0.2) is 4.98 Å². The van der Waals surface area contributed by atoms with Crippen LogP contribution in [0.1, 0.15) is 69.2 Å². The van der Waals surface area contributed by atoms with E-state index in [1.807, 2.05) is 13.8 Å². The Hall–Kier alpha value is -2.20. The van der Waals surface area contributed by atoms with E-state index in [0.29, 0.717) is 23.5 Å². The molecule has 0 radical (unpaired) electrons. The first-order valence-corrected chi connectivity index (χ1v) is 12.9. The second-order valence-electron chi connectivity index (χ2n) is 8.86. The van der Waals surface area contributed by atoms with Gasteiger partial charge in [-0.3, -0.25) is 19.5 Å². The zero-order chi connectivity index (χ0) is 22.8. The summed E-state index contributed by atoms with van der Waals surface area (Å²) in [5.41, 5.74) is 1.22. The molecule has 0 saturated heterocycles. The number of nitrogens with zero attached hydrogens (tertiary/aromatic N) is 4. The zero-order valence-corrected chi connectivity index (χ0v) is 20.6. The molecule has 1 amide bonds. The number of nitrogens with one attached hydrogen (secondary N) is 1. The predicted molar refractivity (Wildman–Crippen MR) is 128 cm³/mol. The largest absolute Gasteiger partial charge is 0.408 e. The number of rotatable bonds is 8. The standard InChI is InChI=1S/C22H29N5O3S2/c1-12(2)9-10-27-20(29)17-14-7-5-6-8-15(14)32-19(17)24-22(27)31-11-16(28)23-21-26-25-18(30-21)13(3)4/h12-13H,5-11H2,1-4H3,(H,23,26,28). The van der Waals surface area contributed by atoms with Crippen LogP contribution in [0.5, 0.6) is 0 Å². The zero-order valence-electron chi connectivity index (χ0n) is 18.9. The molecule has 10 heteroatoms. The van der Waals surface area contributed by atoms with Gasteiger partial charge in [0, 0.05) is 17.3 Å². The van der Waals surface area contributed by atoms with Crippen LogP contribution in [0.3, 0.4) is 0 Å². The number of hydrogen-bond acceptors (Lipinski definition) is 8. The molecule has 0 unspecified atom stereocenters. The summed E-state index contributed by atoms with van der Waals surface area (Å²) in [6.07, 6.45) is 5.13. The molecule has 32 heavy (non-hydrogen) atoms. The summed E-state index contributed by atoms with van der Waals surface area (Å²) in [4.78, 5) is 32.9. The number of aryl methyl sites for hydroxylation is 2. The first kappa shape index (κ1) is 23.0. The Labute approximate surface area is 195 Å². The Kier molecular flexibility index (Phi) is 6.99. The van der Waals surface area contributed by atoms with E-state index in [9.17, 15) is 9.59 Å². The molecule has 0 bridgehead atoms. The number of fused-ring (bicyclic) bond motifs is 3. The number of amides is 1. The summed E-state index contributed by atoms with van der Waals surface area (Å²) in [7, 11) is 0. The van der Waals surface area contributed by atoms with E-state index in [1.54, 1.807) is 15.9 Å². The summed E-state index contributed by atoms with van der Waals surface area (Å²) >= 11 is 2.90. The van der Waals surface area contributed by atoms with E-state index in [4.69, 9.17) is 9.40 Å². The van der Waals surface area contributed by atoms with Crippen molar-refractivity contribution in [3.05, 3.63) is 26.7 Å². The molecule has 172 valence electrons. The van der Waals surface area contributed by atoms with Crippen LogP contribution in [-0.4, -0.2) is 31.4 Å². The highest BCUT2D eigenvalue weighted by molar-refractivity contribution is 7.99. The van der Waals surface area contributed by atoms with E-state index in [0.717, 1.165) is 42.3 Å². The SMILES string of the molecule is CC(C)CCn1c(SCC(=O)Nc2nnc(C(C)C)o2)nc2sc3c(c2c1=O)CCCC3. The van der Waals surface area contributed by atoms with Crippen LogP contribution in [0.2, 0.25) is 0 Å². The maximum absolute atomic E-state index is 13.5. The monoisotopic (exact) mass is 475 g/mol. The second-order valence-corrected chi connectivity index (χ2v) is 10.9. The van der Waals surface area contributed by atoms with Gasteiger partial charge in [-0.2, -0.15) is 0 Å². The van der Waals surface area contributed by atoms with E-state index < -0.39 is 0 Å². The lowest BCUT2D eigenvalue weighted by molar-refractivity contribution is -0.113. The summed E-state index contributed by atoms with van der Waals surface area (Å²) < 4.78 is 7.20. The van der Waals surface area contributed by atoms with Crippen molar-refractivity contribution in [2.24, 2.45) is 5.92 Å². The highest BCUT2D eigenvalue weighted by atomic mass is 32.2. The maximum atomic E-state index is 13.5. The van der Waals surface area contributed by atoms with Crippen molar-refractivity contribution in [3.8, 4) is 0 Å². The lowest BCUT2D eigenvalue weighted by Gasteiger charge is -2.14. The van der Waals surface area contributed by atoms with Crippen molar-refractivity contribution in [1.29, 1.82) is 0 Å². The number of carbonyl (C=O) groups is 1.